The molecule has 29 heavy (non-hydrogen) atoms. The molecule has 1 aliphatic heterocycles. The summed E-state index contributed by atoms with van der Waals surface area (Å²) in [5, 5.41) is 6.85. The number of anilines is 1. The van der Waals surface area contributed by atoms with Gasteiger partial charge in [0.1, 0.15) is 5.00 Å². The second kappa shape index (κ2) is 9.55. The standard InChI is InChI=1S/C23H29N3O2S/c27-20(16-26-13-7-2-8-14-26)25-23-21(18-11-5-6-12-19(18)29-23)22(28)24-15-17-9-3-1-4-10-17/h1,3-4,9-10H,2,5-8,11-16H2,(H,24,28)(H,25,27). The predicted molar refractivity (Wildman–Crippen MR) is 117 cm³/mol. The Kier molecular flexibility index (Phi) is 6.62. The van der Waals surface area contributed by atoms with Crippen molar-refractivity contribution < 1.29 is 9.59 Å². The van der Waals surface area contributed by atoms with E-state index in [0.29, 0.717) is 18.7 Å². The largest absolute Gasteiger partial charge is 0.348 e. The normalized spacial score (nSPS) is 16.8. The lowest BCUT2D eigenvalue weighted by atomic mass is 9.95. The number of likely N-dealkylation sites (tertiary alicyclic amines) is 1. The van der Waals surface area contributed by atoms with E-state index in [4.69, 9.17) is 0 Å². The molecule has 2 aromatic rings. The van der Waals surface area contributed by atoms with Gasteiger partial charge in [0.15, 0.2) is 0 Å². The van der Waals surface area contributed by atoms with Crippen molar-refractivity contribution in [2.45, 2.75) is 51.5 Å². The van der Waals surface area contributed by atoms with Gasteiger partial charge in [-0.3, -0.25) is 14.5 Å². The lowest BCUT2D eigenvalue weighted by molar-refractivity contribution is -0.117. The van der Waals surface area contributed by atoms with Gasteiger partial charge in [-0.1, -0.05) is 36.8 Å². The Balaban J connectivity index is 1.48. The van der Waals surface area contributed by atoms with Crippen LogP contribution in [-0.4, -0.2) is 36.3 Å². The molecule has 2 aliphatic rings. The molecule has 2 heterocycles. The van der Waals surface area contributed by atoms with Crippen molar-refractivity contribution in [1.29, 1.82) is 0 Å². The summed E-state index contributed by atoms with van der Waals surface area (Å²) in [5.41, 5.74) is 2.90. The first-order valence-corrected chi connectivity index (χ1v) is 11.5. The van der Waals surface area contributed by atoms with Gasteiger partial charge >= 0.3 is 0 Å². The first kappa shape index (κ1) is 20.1. The van der Waals surface area contributed by atoms with Crippen LogP contribution in [-0.2, 0) is 24.2 Å². The van der Waals surface area contributed by atoms with E-state index in [1.807, 2.05) is 30.3 Å². The molecule has 1 aromatic heterocycles. The van der Waals surface area contributed by atoms with E-state index in [1.165, 1.54) is 11.3 Å². The maximum atomic E-state index is 13.1. The van der Waals surface area contributed by atoms with E-state index >= 15 is 0 Å². The number of piperidine rings is 1. The molecule has 1 fully saturated rings. The Morgan fingerprint density at radius 2 is 1.72 bits per heavy atom. The first-order chi connectivity index (χ1) is 14.2. The first-order valence-electron chi connectivity index (χ1n) is 10.7. The number of hydrogen-bond donors (Lipinski definition) is 2. The van der Waals surface area contributed by atoms with E-state index in [2.05, 4.69) is 15.5 Å². The topological polar surface area (TPSA) is 61.4 Å². The average Bonchev–Trinajstić information content (AvgIpc) is 3.11. The summed E-state index contributed by atoms with van der Waals surface area (Å²) in [7, 11) is 0. The Labute approximate surface area is 176 Å². The Morgan fingerprint density at radius 3 is 2.52 bits per heavy atom. The van der Waals surface area contributed by atoms with Gasteiger partial charge in [0.2, 0.25) is 5.91 Å². The van der Waals surface area contributed by atoms with Crippen molar-refractivity contribution in [3.05, 3.63) is 51.9 Å². The zero-order valence-corrected chi connectivity index (χ0v) is 17.7. The molecule has 154 valence electrons. The third-order valence-electron chi connectivity index (χ3n) is 5.76. The number of carbonyl (C=O) groups is 2. The summed E-state index contributed by atoms with van der Waals surface area (Å²) in [6.07, 6.45) is 7.75. The minimum Gasteiger partial charge on any atom is -0.348 e. The summed E-state index contributed by atoms with van der Waals surface area (Å²) in [4.78, 5) is 29.2. The number of fused-ring (bicyclic) bond motifs is 1. The molecule has 1 aromatic carbocycles. The van der Waals surface area contributed by atoms with Crippen molar-refractivity contribution in [2.24, 2.45) is 0 Å². The monoisotopic (exact) mass is 411 g/mol. The minimum absolute atomic E-state index is 0.0115. The molecule has 0 unspecified atom stereocenters. The van der Waals surface area contributed by atoms with Gasteiger partial charge in [0.25, 0.3) is 5.91 Å². The second-order valence-corrected chi connectivity index (χ2v) is 9.07. The van der Waals surface area contributed by atoms with Gasteiger partial charge in [-0.2, -0.15) is 0 Å². The third-order valence-corrected chi connectivity index (χ3v) is 6.97. The van der Waals surface area contributed by atoms with Gasteiger partial charge in [0.05, 0.1) is 12.1 Å². The van der Waals surface area contributed by atoms with Crippen LogP contribution in [0.25, 0.3) is 0 Å². The van der Waals surface area contributed by atoms with Crippen molar-refractivity contribution in [3.63, 3.8) is 0 Å². The van der Waals surface area contributed by atoms with Crippen LogP contribution in [0.1, 0.15) is 58.5 Å². The lowest BCUT2D eigenvalue weighted by Gasteiger charge is -2.25. The molecule has 6 heteroatoms. The molecule has 4 rings (SSSR count). The smallest absolute Gasteiger partial charge is 0.254 e. The number of rotatable bonds is 6. The number of hydrogen-bond acceptors (Lipinski definition) is 4. The number of carbonyl (C=O) groups excluding carboxylic acids is 2. The van der Waals surface area contributed by atoms with E-state index in [0.717, 1.165) is 67.7 Å². The molecule has 1 aliphatic carbocycles. The molecule has 0 atom stereocenters. The highest BCUT2D eigenvalue weighted by Gasteiger charge is 2.26. The van der Waals surface area contributed by atoms with Crippen LogP contribution in [0.15, 0.2) is 30.3 Å². The molecular weight excluding hydrogens is 382 g/mol. The van der Waals surface area contributed by atoms with E-state index in [-0.39, 0.29) is 11.8 Å². The van der Waals surface area contributed by atoms with Crippen molar-refractivity contribution in [2.75, 3.05) is 25.0 Å². The van der Waals surface area contributed by atoms with Crippen LogP contribution in [0.5, 0.6) is 0 Å². The van der Waals surface area contributed by atoms with Crippen molar-refractivity contribution in [1.82, 2.24) is 10.2 Å². The van der Waals surface area contributed by atoms with Crippen LogP contribution < -0.4 is 10.6 Å². The Hall–Kier alpha value is -2.18. The van der Waals surface area contributed by atoms with Gasteiger partial charge in [-0.15, -0.1) is 11.3 Å². The molecule has 0 saturated carbocycles. The fourth-order valence-electron chi connectivity index (χ4n) is 4.25. The molecule has 2 N–H and O–H groups in total. The fourth-order valence-corrected chi connectivity index (χ4v) is 5.55. The molecular formula is C23H29N3O2S. The van der Waals surface area contributed by atoms with Gasteiger partial charge in [0, 0.05) is 11.4 Å². The molecule has 0 bridgehead atoms. The average molecular weight is 412 g/mol. The maximum absolute atomic E-state index is 13.1. The molecule has 0 spiro atoms. The SMILES string of the molecule is O=C(CN1CCCCC1)Nc1sc2c(c1C(=O)NCc1ccccc1)CCCC2. The molecule has 0 radical (unpaired) electrons. The highest BCUT2D eigenvalue weighted by molar-refractivity contribution is 7.17. The van der Waals surface area contributed by atoms with E-state index < -0.39 is 0 Å². The van der Waals surface area contributed by atoms with E-state index in [1.54, 1.807) is 11.3 Å². The van der Waals surface area contributed by atoms with Crippen LogP contribution >= 0.6 is 11.3 Å². The van der Waals surface area contributed by atoms with Gasteiger partial charge in [-0.25, -0.2) is 0 Å². The lowest BCUT2D eigenvalue weighted by Crippen LogP contribution is -2.37. The molecule has 1 saturated heterocycles. The number of nitrogens with zero attached hydrogens (tertiary/aromatic N) is 1. The Bertz CT molecular complexity index is 857. The second-order valence-electron chi connectivity index (χ2n) is 7.97. The summed E-state index contributed by atoms with van der Waals surface area (Å²) in [6, 6.07) is 9.92. The van der Waals surface area contributed by atoms with Crippen molar-refractivity contribution >= 4 is 28.2 Å². The fraction of sp³-hybridized carbons (Fsp3) is 0.478. The number of amides is 2. The van der Waals surface area contributed by atoms with Crippen LogP contribution in [0, 0.1) is 0 Å². The van der Waals surface area contributed by atoms with Gasteiger partial charge < -0.3 is 10.6 Å². The summed E-state index contributed by atoms with van der Waals surface area (Å²) < 4.78 is 0. The summed E-state index contributed by atoms with van der Waals surface area (Å²) in [6.45, 7) is 2.87. The molecule has 2 amide bonds. The number of aryl methyl sites for hydroxylation is 1. The quantitative estimate of drug-likeness (QED) is 0.756. The number of benzene rings is 1. The third kappa shape index (κ3) is 5.06. The number of thiophene rings is 1. The number of nitrogens with one attached hydrogen (secondary N) is 2. The highest BCUT2D eigenvalue weighted by atomic mass is 32.1. The highest BCUT2D eigenvalue weighted by Crippen LogP contribution is 2.38. The predicted octanol–water partition coefficient (Wildman–Crippen LogP) is 3.98. The van der Waals surface area contributed by atoms with Crippen LogP contribution in [0.2, 0.25) is 0 Å². The molecule has 5 nitrogen and oxygen atoms in total. The van der Waals surface area contributed by atoms with Gasteiger partial charge in [-0.05, 0) is 62.7 Å². The van der Waals surface area contributed by atoms with Crippen molar-refractivity contribution in [3.8, 4) is 0 Å². The van der Waals surface area contributed by atoms with Crippen LogP contribution in [0.4, 0.5) is 5.00 Å². The summed E-state index contributed by atoms with van der Waals surface area (Å²) in [5.74, 6) is -0.0934. The van der Waals surface area contributed by atoms with Crippen LogP contribution in [0.3, 0.4) is 0 Å². The summed E-state index contributed by atoms with van der Waals surface area (Å²) >= 11 is 1.59. The zero-order chi connectivity index (χ0) is 20.1. The Morgan fingerprint density at radius 1 is 0.966 bits per heavy atom. The minimum atomic E-state index is -0.0819. The van der Waals surface area contributed by atoms with E-state index in [9.17, 15) is 9.59 Å². The zero-order valence-electron chi connectivity index (χ0n) is 16.8. The maximum Gasteiger partial charge on any atom is 0.254 e.